The molecule has 0 radical (unpaired) electrons. The Hall–Kier alpha value is 0.01000. The van der Waals surface area contributed by atoms with E-state index < -0.39 is 0 Å². The van der Waals surface area contributed by atoms with Crippen molar-refractivity contribution in [2.75, 3.05) is 0 Å². The molecule has 46 valence electrons. The molecule has 9 heavy (non-hydrogen) atoms. The van der Waals surface area contributed by atoms with Gasteiger partial charge >= 0.3 is 0 Å². The Morgan fingerprint density at radius 1 is 1.33 bits per heavy atom. The molecule has 2 rings (SSSR count). The van der Waals surface area contributed by atoms with Gasteiger partial charge in [-0.15, -0.1) is 35.3 Å². The molecule has 0 aliphatic carbocycles. The van der Waals surface area contributed by atoms with E-state index >= 15 is 0 Å². The molecule has 0 bridgehead atoms. The average Bonchev–Trinajstić information content (AvgIpc) is 2.35. The van der Waals surface area contributed by atoms with Crippen molar-refractivity contribution in [1.29, 1.82) is 0 Å². The van der Waals surface area contributed by atoms with Crippen LogP contribution in [0.1, 0.15) is 0 Å². The zero-order chi connectivity index (χ0) is 6.27. The van der Waals surface area contributed by atoms with Crippen LogP contribution in [-0.2, 0) is 0 Å². The van der Waals surface area contributed by atoms with Crippen molar-refractivity contribution in [2.24, 2.45) is 0 Å². The molecule has 0 aromatic carbocycles. The van der Waals surface area contributed by atoms with Crippen molar-refractivity contribution in [3.8, 4) is 0 Å². The number of rotatable bonds is 0. The minimum Gasteiger partial charge on any atom is -0.142 e. The van der Waals surface area contributed by atoms with Crippen LogP contribution in [-0.4, -0.2) is 0 Å². The molecule has 0 atom stereocenters. The molecule has 0 spiro atoms. The van der Waals surface area contributed by atoms with E-state index in [0.29, 0.717) is 0 Å². The van der Waals surface area contributed by atoms with Crippen LogP contribution < -0.4 is 0 Å². The Morgan fingerprint density at radius 3 is 3.00 bits per heavy atom. The Labute approximate surface area is 66.5 Å². The zero-order valence-electron chi connectivity index (χ0n) is 4.50. The fraction of sp³-hybridized carbons (Fsp3) is 0. The topological polar surface area (TPSA) is 0 Å². The summed E-state index contributed by atoms with van der Waals surface area (Å²) in [7, 11) is 0. The van der Waals surface area contributed by atoms with Crippen LogP contribution in [0, 0.1) is 0 Å². The Morgan fingerprint density at radius 2 is 2.22 bits per heavy atom. The monoisotopic (exact) mass is 172 g/mol. The third kappa shape index (κ3) is 0.801. The van der Waals surface area contributed by atoms with Gasteiger partial charge in [-0.25, -0.2) is 0 Å². The molecule has 0 aliphatic rings. The van der Waals surface area contributed by atoms with Crippen LogP contribution in [0.3, 0.4) is 0 Å². The third-order valence-electron chi connectivity index (χ3n) is 1.16. The minimum absolute atomic E-state index is 1.12. The van der Waals surface area contributed by atoms with Gasteiger partial charge in [-0.05, 0) is 11.4 Å². The summed E-state index contributed by atoms with van der Waals surface area (Å²) in [6.07, 6.45) is 0. The Kier molecular flexibility index (Phi) is 1.29. The molecule has 0 amide bonds. The quantitative estimate of drug-likeness (QED) is 0.579. The maximum Gasteiger partial charge on any atom is 0.0583 e. The van der Waals surface area contributed by atoms with Gasteiger partial charge in [-0.1, -0.05) is 0 Å². The van der Waals surface area contributed by atoms with Gasteiger partial charge in [-0.3, -0.25) is 0 Å². The number of fused-ring (bicyclic) bond motifs is 1. The van der Waals surface area contributed by atoms with Crippen molar-refractivity contribution < 1.29 is 0 Å². The summed E-state index contributed by atoms with van der Waals surface area (Å²) in [6, 6.07) is 2.13. The highest BCUT2D eigenvalue weighted by Gasteiger charge is 1.98. The van der Waals surface area contributed by atoms with Gasteiger partial charge in [0.05, 0.1) is 4.70 Å². The number of thiophene rings is 2. The lowest BCUT2D eigenvalue weighted by molar-refractivity contribution is 1.75. The van der Waals surface area contributed by atoms with Crippen LogP contribution in [0.15, 0.2) is 21.7 Å². The first-order chi connectivity index (χ1) is 4.38. The van der Waals surface area contributed by atoms with Crippen molar-refractivity contribution in [1.82, 2.24) is 0 Å². The van der Waals surface area contributed by atoms with Crippen LogP contribution in [0.4, 0.5) is 0 Å². The van der Waals surface area contributed by atoms with E-state index in [1.165, 1.54) is 9.40 Å². The smallest absolute Gasteiger partial charge is 0.0583 e. The van der Waals surface area contributed by atoms with E-state index in [0.717, 1.165) is 4.90 Å². The van der Waals surface area contributed by atoms with Gasteiger partial charge in [-0.2, -0.15) is 0 Å². The summed E-state index contributed by atoms with van der Waals surface area (Å²) >= 11 is 7.80. The van der Waals surface area contributed by atoms with E-state index in [1.807, 2.05) is 0 Å². The SMILES string of the molecule is Sc1csc2ccsc12. The van der Waals surface area contributed by atoms with E-state index in [-0.39, 0.29) is 0 Å². The van der Waals surface area contributed by atoms with Crippen LogP contribution >= 0.6 is 35.3 Å². The molecule has 0 unspecified atom stereocenters. The van der Waals surface area contributed by atoms with Gasteiger partial charge in [0, 0.05) is 15.0 Å². The predicted molar refractivity (Wildman–Crippen MR) is 47.0 cm³/mol. The van der Waals surface area contributed by atoms with Crippen molar-refractivity contribution in [3.63, 3.8) is 0 Å². The minimum atomic E-state index is 1.12. The van der Waals surface area contributed by atoms with Crippen LogP contribution in [0.5, 0.6) is 0 Å². The molecular weight excluding hydrogens is 168 g/mol. The summed E-state index contributed by atoms with van der Waals surface area (Å²) in [5.74, 6) is 0. The summed E-state index contributed by atoms with van der Waals surface area (Å²) in [4.78, 5) is 1.12. The molecule has 0 nitrogen and oxygen atoms in total. The lowest BCUT2D eigenvalue weighted by atomic mass is 10.5. The molecule has 2 aromatic heterocycles. The van der Waals surface area contributed by atoms with Crippen molar-refractivity contribution in [2.45, 2.75) is 4.90 Å². The highest BCUT2D eigenvalue weighted by Crippen LogP contribution is 2.32. The zero-order valence-corrected chi connectivity index (χ0v) is 7.02. The lowest BCUT2D eigenvalue weighted by Gasteiger charge is -1.74. The first kappa shape index (κ1) is 5.77. The highest BCUT2D eigenvalue weighted by atomic mass is 32.1. The normalized spacial score (nSPS) is 10.8. The maximum atomic E-state index is 4.29. The van der Waals surface area contributed by atoms with Crippen LogP contribution in [0.25, 0.3) is 9.40 Å². The lowest BCUT2D eigenvalue weighted by Crippen LogP contribution is -1.44. The number of hydrogen-bond donors (Lipinski definition) is 1. The largest absolute Gasteiger partial charge is 0.142 e. The molecule has 2 aromatic rings. The fourth-order valence-electron chi connectivity index (χ4n) is 0.750. The molecule has 2 heterocycles. The van der Waals surface area contributed by atoms with E-state index in [4.69, 9.17) is 0 Å². The maximum absolute atomic E-state index is 4.29. The standard InChI is InChI=1S/C6H4S3/c7-4-3-9-5-1-2-8-6(4)5/h1-3,7H. The summed E-state index contributed by atoms with van der Waals surface area (Å²) in [5.41, 5.74) is 0. The van der Waals surface area contributed by atoms with E-state index in [9.17, 15) is 0 Å². The van der Waals surface area contributed by atoms with Gasteiger partial charge in [0.25, 0.3) is 0 Å². The molecular formula is C6H4S3. The van der Waals surface area contributed by atoms with Crippen molar-refractivity contribution in [3.05, 3.63) is 16.8 Å². The predicted octanol–water partition coefficient (Wildman–Crippen LogP) is 3.25. The molecule has 3 heteroatoms. The highest BCUT2D eigenvalue weighted by molar-refractivity contribution is 7.81. The van der Waals surface area contributed by atoms with E-state index in [1.54, 1.807) is 22.7 Å². The van der Waals surface area contributed by atoms with E-state index in [2.05, 4.69) is 29.5 Å². The van der Waals surface area contributed by atoms with Gasteiger partial charge < -0.3 is 0 Å². The molecule has 0 saturated heterocycles. The molecule has 0 saturated carbocycles. The second-order valence-corrected chi connectivity index (χ2v) is 4.04. The summed E-state index contributed by atoms with van der Waals surface area (Å²) < 4.78 is 2.67. The molecule has 0 N–H and O–H groups in total. The Bertz CT molecular complexity index is 317. The molecule has 0 fully saturated rings. The van der Waals surface area contributed by atoms with Gasteiger partial charge in [0.15, 0.2) is 0 Å². The second-order valence-electron chi connectivity index (χ2n) is 1.73. The van der Waals surface area contributed by atoms with Gasteiger partial charge in [0.1, 0.15) is 0 Å². The molecule has 0 aliphatic heterocycles. The third-order valence-corrected chi connectivity index (χ3v) is 3.86. The number of thiol groups is 1. The van der Waals surface area contributed by atoms with Crippen LogP contribution in [0.2, 0.25) is 0 Å². The van der Waals surface area contributed by atoms with Gasteiger partial charge in [0.2, 0.25) is 0 Å². The Balaban J connectivity index is 2.99. The first-order valence-corrected chi connectivity index (χ1v) is 4.72. The fourth-order valence-corrected chi connectivity index (χ4v) is 3.14. The second kappa shape index (κ2) is 2.01. The summed E-state index contributed by atoms with van der Waals surface area (Å²) in [6.45, 7) is 0. The average molecular weight is 172 g/mol. The number of hydrogen-bond acceptors (Lipinski definition) is 3. The van der Waals surface area contributed by atoms with Crippen molar-refractivity contribution >= 4 is 44.7 Å². The first-order valence-electron chi connectivity index (χ1n) is 2.51. The summed E-state index contributed by atoms with van der Waals surface area (Å²) in [5, 5.41) is 4.17.